The summed E-state index contributed by atoms with van der Waals surface area (Å²) in [5, 5.41) is 4.15. The molecule has 0 fully saturated rings. The van der Waals surface area contributed by atoms with Crippen molar-refractivity contribution < 1.29 is 9.18 Å². The molecule has 1 amide bonds. The molecule has 2 aromatic heterocycles. The monoisotopic (exact) mass is 361 g/mol. The number of nitrogens with zero attached hydrogens (tertiary/aromatic N) is 2. The van der Waals surface area contributed by atoms with Crippen LogP contribution >= 0.6 is 22.7 Å². The largest absolute Gasteiger partial charge is 0.297 e. The molecule has 0 aliphatic carbocycles. The summed E-state index contributed by atoms with van der Waals surface area (Å²) in [7, 11) is 0. The van der Waals surface area contributed by atoms with Crippen LogP contribution in [0.15, 0.2) is 24.3 Å². The molecule has 124 valence electrons. The van der Waals surface area contributed by atoms with Crippen molar-refractivity contribution >= 4 is 33.7 Å². The smallest absolute Gasteiger partial charge is 0.269 e. The molecule has 0 saturated heterocycles. The van der Waals surface area contributed by atoms with E-state index in [0.717, 1.165) is 22.6 Å². The van der Waals surface area contributed by atoms with Gasteiger partial charge in [-0.15, -0.1) is 22.7 Å². The Morgan fingerprint density at radius 2 is 1.88 bits per heavy atom. The number of hydrogen-bond donors (Lipinski definition) is 1. The van der Waals surface area contributed by atoms with Gasteiger partial charge in [-0.1, -0.05) is 6.92 Å². The van der Waals surface area contributed by atoms with Crippen LogP contribution in [0.2, 0.25) is 0 Å². The Balaban J connectivity index is 1.83. The van der Waals surface area contributed by atoms with Crippen LogP contribution in [0.4, 0.5) is 9.52 Å². The third kappa shape index (κ3) is 3.37. The molecule has 1 aromatic carbocycles. The third-order valence-electron chi connectivity index (χ3n) is 3.54. The minimum Gasteiger partial charge on any atom is -0.297 e. The molecule has 7 heteroatoms. The highest BCUT2D eigenvalue weighted by molar-refractivity contribution is 7.18. The van der Waals surface area contributed by atoms with Crippen LogP contribution in [0.1, 0.15) is 32.9 Å². The molecule has 0 bridgehead atoms. The summed E-state index contributed by atoms with van der Waals surface area (Å²) in [6.45, 7) is 5.83. The van der Waals surface area contributed by atoms with E-state index in [9.17, 15) is 9.18 Å². The number of aromatic nitrogens is 2. The molecule has 0 aliphatic heterocycles. The molecular formula is C17H16FN3OS2. The summed E-state index contributed by atoms with van der Waals surface area (Å²) < 4.78 is 13.0. The Labute approximate surface area is 147 Å². The quantitative estimate of drug-likeness (QED) is 0.723. The Bertz CT molecular complexity index is 884. The molecule has 0 unspecified atom stereocenters. The Morgan fingerprint density at radius 1 is 1.17 bits per heavy atom. The summed E-state index contributed by atoms with van der Waals surface area (Å²) in [4.78, 5) is 23.0. The first-order valence-corrected chi connectivity index (χ1v) is 9.12. The van der Waals surface area contributed by atoms with Gasteiger partial charge in [-0.25, -0.2) is 14.4 Å². The number of amides is 1. The molecule has 0 aliphatic rings. The highest BCUT2D eigenvalue weighted by atomic mass is 32.1. The maximum Gasteiger partial charge on any atom is 0.269 e. The van der Waals surface area contributed by atoms with E-state index in [1.807, 2.05) is 13.8 Å². The lowest BCUT2D eigenvalue weighted by Gasteiger charge is -1.99. The second-order valence-electron chi connectivity index (χ2n) is 5.27. The fraction of sp³-hybridized carbons (Fsp3) is 0.235. The maximum atomic E-state index is 13.0. The summed E-state index contributed by atoms with van der Waals surface area (Å²) in [5.74, 6) is -0.509. The van der Waals surface area contributed by atoms with Gasteiger partial charge >= 0.3 is 0 Å². The predicted molar refractivity (Wildman–Crippen MR) is 96.4 cm³/mol. The molecule has 2 heterocycles. The SMILES string of the molecule is CCc1nc(NC(=O)c2sc(-c3ccc(F)cc3)nc2C)sc1C. The van der Waals surface area contributed by atoms with Gasteiger partial charge in [0.2, 0.25) is 0 Å². The van der Waals surface area contributed by atoms with Crippen molar-refractivity contribution in [2.24, 2.45) is 0 Å². The summed E-state index contributed by atoms with van der Waals surface area (Å²) >= 11 is 2.77. The van der Waals surface area contributed by atoms with Gasteiger partial charge in [-0.2, -0.15) is 0 Å². The van der Waals surface area contributed by atoms with Crippen LogP contribution in [0.5, 0.6) is 0 Å². The topological polar surface area (TPSA) is 54.9 Å². The van der Waals surface area contributed by atoms with Gasteiger partial charge in [0, 0.05) is 10.4 Å². The van der Waals surface area contributed by atoms with Crippen molar-refractivity contribution in [3.8, 4) is 10.6 Å². The first kappa shape index (κ1) is 16.7. The molecule has 24 heavy (non-hydrogen) atoms. The molecule has 3 aromatic rings. The first-order chi connectivity index (χ1) is 11.5. The van der Waals surface area contributed by atoms with Gasteiger partial charge in [0.25, 0.3) is 5.91 Å². The van der Waals surface area contributed by atoms with Crippen LogP contribution in [-0.2, 0) is 6.42 Å². The number of aryl methyl sites for hydroxylation is 3. The number of halogens is 1. The van der Waals surface area contributed by atoms with Gasteiger partial charge in [0.15, 0.2) is 5.13 Å². The molecule has 1 N–H and O–H groups in total. The van der Waals surface area contributed by atoms with Crippen LogP contribution in [0, 0.1) is 19.7 Å². The number of hydrogen-bond acceptors (Lipinski definition) is 5. The number of rotatable bonds is 4. The van der Waals surface area contributed by atoms with Gasteiger partial charge in [0.1, 0.15) is 15.7 Å². The lowest BCUT2D eigenvalue weighted by atomic mass is 10.2. The zero-order valence-electron chi connectivity index (χ0n) is 13.5. The number of carbonyl (C=O) groups excluding carboxylic acids is 1. The van der Waals surface area contributed by atoms with Crippen molar-refractivity contribution in [1.29, 1.82) is 0 Å². The fourth-order valence-electron chi connectivity index (χ4n) is 2.29. The normalized spacial score (nSPS) is 10.8. The van der Waals surface area contributed by atoms with Gasteiger partial charge < -0.3 is 0 Å². The van der Waals surface area contributed by atoms with E-state index in [1.54, 1.807) is 19.1 Å². The summed E-state index contributed by atoms with van der Waals surface area (Å²) in [6, 6.07) is 6.09. The Hall–Kier alpha value is -2.12. The molecule has 3 rings (SSSR count). The van der Waals surface area contributed by atoms with E-state index in [1.165, 1.54) is 34.8 Å². The van der Waals surface area contributed by atoms with Crippen LogP contribution in [0.3, 0.4) is 0 Å². The minimum absolute atomic E-state index is 0.213. The zero-order chi connectivity index (χ0) is 17.3. The Kier molecular flexibility index (Phi) is 4.73. The summed E-state index contributed by atoms with van der Waals surface area (Å²) in [5.41, 5.74) is 2.45. The van der Waals surface area contributed by atoms with E-state index >= 15 is 0 Å². The molecule has 0 spiro atoms. The standard InChI is InChI=1S/C17H16FN3OS2/c1-4-13-10(3)23-17(20-13)21-15(22)14-9(2)19-16(24-14)11-5-7-12(18)8-6-11/h5-8H,4H2,1-3H3,(H,20,21,22). The average molecular weight is 361 g/mol. The third-order valence-corrected chi connectivity index (χ3v) is 5.68. The van der Waals surface area contributed by atoms with Crippen LogP contribution < -0.4 is 5.32 Å². The van der Waals surface area contributed by atoms with Crippen molar-refractivity contribution in [3.05, 3.63) is 51.2 Å². The number of carbonyl (C=O) groups is 1. The second kappa shape index (κ2) is 6.78. The number of thiazole rings is 2. The molecular weight excluding hydrogens is 345 g/mol. The van der Waals surface area contributed by atoms with Gasteiger partial charge in [-0.05, 0) is 44.5 Å². The summed E-state index contributed by atoms with van der Waals surface area (Å²) in [6.07, 6.45) is 0.840. The Morgan fingerprint density at radius 3 is 2.50 bits per heavy atom. The highest BCUT2D eigenvalue weighted by Gasteiger charge is 2.18. The van der Waals surface area contributed by atoms with Crippen molar-refractivity contribution in [2.45, 2.75) is 27.2 Å². The molecule has 4 nitrogen and oxygen atoms in total. The molecule has 0 radical (unpaired) electrons. The fourth-order valence-corrected chi connectivity index (χ4v) is 4.15. The van der Waals surface area contributed by atoms with Gasteiger partial charge in [0.05, 0.1) is 11.4 Å². The molecule has 0 atom stereocenters. The van der Waals surface area contributed by atoms with Crippen molar-refractivity contribution in [1.82, 2.24) is 9.97 Å². The minimum atomic E-state index is -0.295. The lowest BCUT2D eigenvalue weighted by molar-refractivity contribution is 0.103. The van der Waals surface area contributed by atoms with Crippen molar-refractivity contribution in [2.75, 3.05) is 5.32 Å². The maximum absolute atomic E-state index is 13.0. The van der Waals surface area contributed by atoms with E-state index in [2.05, 4.69) is 15.3 Å². The lowest BCUT2D eigenvalue weighted by Crippen LogP contribution is -2.11. The number of anilines is 1. The average Bonchev–Trinajstić information content (AvgIpc) is 3.10. The first-order valence-electron chi connectivity index (χ1n) is 7.49. The van der Waals surface area contributed by atoms with Crippen LogP contribution in [-0.4, -0.2) is 15.9 Å². The van der Waals surface area contributed by atoms with Crippen LogP contribution in [0.25, 0.3) is 10.6 Å². The second-order valence-corrected chi connectivity index (χ2v) is 7.47. The highest BCUT2D eigenvalue weighted by Crippen LogP contribution is 2.29. The van der Waals surface area contributed by atoms with E-state index in [-0.39, 0.29) is 11.7 Å². The predicted octanol–water partition coefficient (Wildman–Crippen LogP) is 4.84. The zero-order valence-corrected chi connectivity index (χ0v) is 15.1. The molecule has 0 saturated carbocycles. The number of benzene rings is 1. The van der Waals surface area contributed by atoms with Crippen molar-refractivity contribution in [3.63, 3.8) is 0 Å². The van der Waals surface area contributed by atoms with Gasteiger partial charge in [-0.3, -0.25) is 10.1 Å². The van der Waals surface area contributed by atoms with E-state index in [4.69, 9.17) is 0 Å². The number of nitrogens with one attached hydrogen (secondary N) is 1. The van der Waals surface area contributed by atoms with E-state index < -0.39 is 0 Å². The van der Waals surface area contributed by atoms with E-state index in [0.29, 0.717) is 20.7 Å².